The molecule has 0 atom stereocenters. The predicted molar refractivity (Wildman–Crippen MR) is 156 cm³/mol. The molecule has 0 spiro atoms. The second kappa shape index (κ2) is 10.5. The minimum atomic E-state index is -1.04. The van der Waals surface area contributed by atoms with E-state index in [0.717, 1.165) is 16.0 Å². The normalized spacial score (nSPS) is 16.4. The molecular weight excluding hydrogens is 550 g/mol. The van der Waals surface area contributed by atoms with E-state index in [2.05, 4.69) is 16.9 Å². The monoisotopic (exact) mass is 575 g/mol. The first-order valence-corrected chi connectivity index (χ1v) is 13.9. The van der Waals surface area contributed by atoms with Gasteiger partial charge in [0, 0.05) is 49.5 Å². The second-order valence-electron chi connectivity index (χ2n) is 10.2. The van der Waals surface area contributed by atoms with Crippen LogP contribution in [0.25, 0.3) is 21.3 Å². The smallest absolute Gasteiger partial charge is 0.338 e. The van der Waals surface area contributed by atoms with Gasteiger partial charge in [-0.3, -0.25) is 4.98 Å². The summed E-state index contributed by atoms with van der Waals surface area (Å²) in [4.78, 5) is 46.6. The number of carbonyl (C=O) groups is 1. The Morgan fingerprint density at radius 1 is 1.18 bits per heavy atom. The van der Waals surface area contributed by atoms with Gasteiger partial charge in [0.2, 0.25) is 0 Å². The molecule has 1 aliphatic carbocycles. The van der Waals surface area contributed by atoms with Crippen LogP contribution in [0.2, 0.25) is 5.02 Å². The third-order valence-corrected chi connectivity index (χ3v) is 8.62. The van der Waals surface area contributed by atoms with Crippen LogP contribution in [0.1, 0.15) is 49.7 Å². The molecule has 0 saturated carbocycles. The van der Waals surface area contributed by atoms with Crippen LogP contribution in [0, 0.1) is 12.3 Å². The van der Waals surface area contributed by atoms with Gasteiger partial charge in [0.25, 0.3) is 0 Å². The number of hydrogen-bond donors (Lipinski definition) is 1. The number of aromatic carboxylic acids is 1. The van der Waals surface area contributed by atoms with E-state index in [1.807, 2.05) is 33.8 Å². The molecule has 10 heteroatoms. The van der Waals surface area contributed by atoms with E-state index in [0.29, 0.717) is 69.6 Å². The Bertz CT molecular complexity index is 1740. The van der Waals surface area contributed by atoms with Crippen LogP contribution >= 0.6 is 22.9 Å². The summed E-state index contributed by atoms with van der Waals surface area (Å²) in [5.41, 5.74) is 4.48. The summed E-state index contributed by atoms with van der Waals surface area (Å²) in [7, 11) is 0. The molecule has 0 saturated heterocycles. The van der Waals surface area contributed by atoms with E-state index in [9.17, 15) is 19.5 Å². The average Bonchev–Trinajstić information content (AvgIpc) is 3.33. The van der Waals surface area contributed by atoms with Gasteiger partial charge in [-0.1, -0.05) is 25.4 Å². The number of aliphatic imine (C=N–C) groups is 1. The first-order chi connectivity index (χ1) is 19.1. The van der Waals surface area contributed by atoms with Gasteiger partial charge in [0.05, 0.1) is 22.3 Å². The number of allylic oxidation sites excluding steroid dienone is 3. The number of rotatable bonds is 6. The molecule has 8 nitrogen and oxygen atoms in total. The summed E-state index contributed by atoms with van der Waals surface area (Å²) in [6, 6.07) is 7.16. The minimum Gasteiger partial charge on any atom is -0.491 e. The summed E-state index contributed by atoms with van der Waals surface area (Å²) >= 11 is 7.68. The molecule has 0 bridgehead atoms. The van der Waals surface area contributed by atoms with Crippen LogP contribution in [0.4, 0.5) is 0 Å². The van der Waals surface area contributed by atoms with E-state index in [-0.39, 0.29) is 12.2 Å². The van der Waals surface area contributed by atoms with E-state index in [1.165, 1.54) is 11.3 Å². The number of carbonyl (C=O) groups excluding carboxylic acids is 2. The van der Waals surface area contributed by atoms with Crippen molar-refractivity contribution >= 4 is 56.8 Å². The minimum absolute atomic E-state index is 0.148. The number of carboxylic acids is 1. The molecule has 1 aliphatic heterocycles. The lowest BCUT2D eigenvalue weighted by Crippen LogP contribution is -2.40. The van der Waals surface area contributed by atoms with Crippen LogP contribution in [0.5, 0.6) is 5.75 Å². The maximum atomic E-state index is 12.3. The van der Waals surface area contributed by atoms with Gasteiger partial charge in [-0.05, 0) is 51.0 Å². The van der Waals surface area contributed by atoms with Gasteiger partial charge >= 0.3 is 5.97 Å². The maximum Gasteiger partial charge on any atom is 0.338 e. The Labute approximate surface area is 240 Å². The maximum absolute atomic E-state index is 12.3. The molecule has 0 unspecified atom stereocenters. The van der Waals surface area contributed by atoms with Crippen molar-refractivity contribution in [3.05, 3.63) is 68.5 Å². The molecule has 2 aliphatic rings. The summed E-state index contributed by atoms with van der Waals surface area (Å²) < 4.78 is 6.97. The number of hydrogen-bond acceptors (Lipinski definition) is 8. The molecular formula is C30H26ClN3O5S. The van der Waals surface area contributed by atoms with E-state index >= 15 is 0 Å². The fraction of sp³-hybridized carbons (Fsp3) is 0.300. The van der Waals surface area contributed by atoms with Gasteiger partial charge in [0.15, 0.2) is 5.94 Å². The SMILES string of the molecule is CC1=NC2=C(C(=C=O)N1CCOc1ccc(Cl)cc1-c1cc(C)nc3c(C(=O)O)csc13)C(C)(C)C(=C=O)CC2. The third kappa shape index (κ3) is 4.67. The highest BCUT2D eigenvalue weighted by atomic mass is 35.5. The highest BCUT2D eigenvalue weighted by Crippen LogP contribution is 2.48. The molecule has 1 aromatic carbocycles. The van der Waals surface area contributed by atoms with Crippen LogP contribution < -0.4 is 4.74 Å². The second-order valence-corrected chi connectivity index (χ2v) is 11.5. The lowest BCUT2D eigenvalue weighted by molar-refractivity contribution is 0.0699. The number of pyridine rings is 1. The number of ether oxygens (including phenoxy) is 1. The van der Waals surface area contributed by atoms with Gasteiger partial charge in [0.1, 0.15) is 29.8 Å². The Balaban J connectivity index is 1.45. The average molecular weight is 576 g/mol. The first kappa shape index (κ1) is 27.6. The fourth-order valence-electron chi connectivity index (χ4n) is 5.42. The number of nitrogens with zero attached hydrogens (tertiary/aromatic N) is 3. The van der Waals surface area contributed by atoms with Gasteiger partial charge in [-0.2, -0.15) is 0 Å². The van der Waals surface area contributed by atoms with Crippen molar-refractivity contribution in [1.29, 1.82) is 0 Å². The molecule has 0 fully saturated rings. The Kier molecular flexibility index (Phi) is 7.25. The van der Waals surface area contributed by atoms with Crippen molar-refractivity contribution < 1.29 is 24.2 Å². The number of benzene rings is 1. The van der Waals surface area contributed by atoms with Crippen molar-refractivity contribution in [3.8, 4) is 16.9 Å². The summed E-state index contributed by atoms with van der Waals surface area (Å²) in [5.74, 6) is 4.33. The number of carboxylic acid groups (broad SMARTS) is 1. The number of amidine groups is 1. The molecule has 3 heterocycles. The lowest BCUT2D eigenvalue weighted by Gasteiger charge is -2.40. The molecule has 2 aromatic heterocycles. The summed E-state index contributed by atoms with van der Waals surface area (Å²) in [6.07, 6.45) is 1.12. The van der Waals surface area contributed by atoms with E-state index in [1.54, 1.807) is 28.5 Å². The Hall–Kier alpha value is -4.00. The molecule has 3 aromatic rings. The van der Waals surface area contributed by atoms with Crippen LogP contribution in [0.15, 0.2) is 57.2 Å². The van der Waals surface area contributed by atoms with Crippen LogP contribution in [-0.2, 0) is 9.59 Å². The summed E-state index contributed by atoms with van der Waals surface area (Å²) in [5, 5.41) is 11.7. The Morgan fingerprint density at radius 3 is 2.65 bits per heavy atom. The van der Waals surface area contributed by atoms with Gasteiger partial charge in [-0.15, -0.1) is 11.3 Å². The van der Waals surface area contributed by atoms with E-state index in [4.69, 9.17) is 21.3 Å². The van der Waals surface area contributed by atoms with Crippen molar-refractivity contribution in [1.82, 2.24) is 9.88 Å². The van der Waals surface area contributed by atoms with Gasteiger partial charge in [-0.25, -0.2) is 19.4 Å². The van der Waals surface area contributed by atoms with E-state index < -0.39 is 11.4 Å². The number of halogens is 1. The molecule has 40 heavy (non-hydrogen) atoms. The number of aromatic nitrogens is 1. The van der Waals surface area contributed by atoms with Gasteiger partial charge < -0.3 is 14.7 Å². The van der Waals surface area contributed by atoms with Crippen molar-refractivity contribution in [2.45, 2.75) is 40.5 Å². The number of aryl methyl sites for hydroxylation is 1. The van der Waals surface area contributed by atoms with Crippen LogP contribution in [-0.4, -0.2) is 51.8 Å². The predicted octanol–water partition coefficient (Wildman–Crippen LogP) is 6.28. The zero-order valence-corrected chi connectivity index (χ0v) is 24.0. The topological polar surface area (TPSA) is 109 Å². The largest absolute Gasteiger partial charge is 0.491 e. The third-order valence-electron chi connectivity index (χ3n) is 7.38. The zero-order valence-electron chi connectivity index (χ0n) is 22.4. The molecule has 0 radical (unpaired) electrons. The lowest BCUT2D eigenvalue weighted by atomic mass is 9.69. The first-order valence-electron chi connectivity index (χ1n) is 12.7. The molecule has 204 valence electrons. The van der Waals surface area contributed by atoms with Crippen molar-refractivity contribution in [3.63, 3.8) is 0 Å². The quantitative estimate of drug-likeness (QED) is 0.344. The van der Waals surface area contributed by atoms with Crippen molar-refractivity contribution in [2.75, 3.05) is 13.2 Å². The standard InChI is InChI=1S/C30H26ClN3O5S/c1-16-11-21(28-27(32-16)22(15-40-28)29(37)38)20-12-19(31)6-8-25(20)39-10-9-34-17(2)33-23-7-5-18(13-35)30(3,4)26(23)24(34)14-36/h6,8,11-12,15H,5,7,9-10H2,1-4H3,(H,37,38). The van der Waals surface area contributed by atoms with Crippen LogP contribution in [0.3, 0.4) is 0 Å². The fourth-order valence-corrected chi connectivity index (χ4v) is 6.61. The molecule has 1 N–H and O–H groups in total. The van der Waals surface area contributed by atoms with Crippen molar-refractivity contribution in [2.24, 2.45) is 10.4 Å². The molecule has 5 rings (SSSR count). The highest BCUT2D eigenvalue weighted by molar-refractivity contribution is 7.18. The highest BCUT2D eigenvalue weighted by Gasteiger charge is 2.41. The summed E-state index contributed by atoms with van der Waals surface area (Å²) in [6.45, 7) is 7.96. The Morgan fingerprint density at radius 2 is 1.95 bits per heavy atom. The molecule has 0 amide bonds. The zero-order chi connectivity index (χ0) is 28.8. The number of thiophene rings is 1. The number of fused-ring (bicyclic) bond motifs is 1.